The van der Waals surface area contributed by atoms with Crippen molar-refractivity contribution in [2.45, 2.75) is 44.7 Å². The summed E-state index contributed by atoms with van der Waals surface area (Å²) < 4.78 is 5.25. The Bertz CT molecular complexity index is 846. The molecule has 1 saturated carbocycles. The first-order valence-electron chi connectivity index (χ1n) is 10.3. The van der Waals surface area contributed by atoms with Crippen molar-refractivity contribution < 1.29 is 9.53 Å². The molecule has 1 aliphatic carbocycles. The van der Waals surface area contributed by atoms with Crippen molar-refractivity contribution in [2.75, 3.05) is 32.1 Å². The second-order valence-electron chi connectivity index (χ2n) is 7.51. The molecule has 1 aromatic heterocycles. The van der Waals surface area contributed by atoms with Gasteiger partial charge >= 0.3 is 0 Å². The molecular weight excluding hydrogens is 366 g/mol. The molecule has 7 heteroatoms. The number of nitrogens with two attached hydrogens (primary N) is 1. The number of primary amides is 1. The van der Waals surface area contributed by atoms with Gasteiger partial charge in [0.15, 0.2) is 0 Å². The van der Waals surface area contributed by atoms with Crippen LogP contribution in [0.15, 0.2) is 30.6 Å². The summed E-state index contributed by atoms with van der Waals surface area (Å²) >= 11 is 0. The minimum absolute atomic E-state index is 0.398. The number of benzene rings is 1. The van der Waals surface area contributed by atoms with E-state index in [1.807, 2.05) is 18.2 Å². The molecule has 0 spiro atoms. The van der Waals surface area contributed by atoms with Crippen LogP contribution in [0, 0.1) is 0 Å². The zero-order valence-corrected chi connectivity index (χ0v) is 17.3. The highest BCUT2D eigenvalue weighted by atomic mass is 16.5. The Kier molecular flexibility index (Phi) is 7.55. The monoisotopic (exact) mass is 397 g/mol. The number of nitrogens with zero attached hydrogens (tertiary/aromatic N) is 3. The minimum atomic E-state index is -0.462. The second-order valence-corrected chi connectivity index (χ2v) is 7.51. The highest BCUT2D eigenvalue weighted by Gasteiger charge is 2.25. The summed E-state index contributed by atoms with van der Waals surface area (Å²) in [5.74, 6) is 0.385. The molecule has 7 nitrogen and oxygen atoms in total. The molecule has 0 atom stereocenters. The lowest BCUT2D eigenvalue weighted by atomic mass is 9.90. The quantitative estimate of drug-likeness (QED) is 0.632. The largest absolute Gasteiger partial charge is 0.383 e. The molecule has 1 aromatic carbocycles. The van der Waals surface area contributed by atoms with Gasteiger partial charge in [-0.3, -0.25) is 9.69 Å². The van der Waals surface area contributed by atoms with Gasteiger partial charge in [0.05, 0.1) is 12.1 Å². The number of methoxy groups -OCH3 is 1. The van der Waals surface area contributed by atoms with Crippen LogP contribution in [0.3, 0.4) is 0 Å². The van der Waals surface area contributed by atoms with Crippen molar-refractivity contribution in [3.63, 3.8) is 0 Å². The number of carbonyl (C=O) groups excluding carboxylic acids is 1. The number of ether oxygens (including phenoxy) is 1. The molecule has 1 amide bonds. The number of likely N-dealkylation sites (N-methyl/N-ethyl adjacent to an activating group) is 1. The van der Waals surface area contributed by atoms with E-state index in [4.69, 9.17) is 10.5 Å². The molecule has 1 fully saturated rings. The third-order valence-corrected chi connectivity index (χ3v) is 5.64. The Morgan fingerprint density at radius 2 is 2.10 bits per heavy atom. The number of anilines is 1. The molecule has 0 aliphatic heterocycles. The van der Waals surface area contributed by atoms with Crippen molar-refractivity contribution in [1.29, 1.82) is 0 Å². The molecule has 0 bridgehead atoms. The molecule has 0 unspecified atom stereocenters. The van der Waals surface area contributed by atoms with E-state index in [9.17, 15) is 4.79 Å². The Hall–Kier alpha value is -2.51. The zero-order valence-electron chi connectivity index (χ0n) is 17.3. The van der Waals surface area contributed by atoms with Gasteiger partial charge in [-0.25, -0.2) is 9.97 Å². The Balaban J connectivity index is 1.67. The van der Waals surface area contributed by atoms with Crippen LogP contribution in [-0.4, -0.2) is 59.7 Å². The highest BCUT2D eigenvalue weighted by molar-refractivity contribution is 5.93. The molecule has 0 saturated heterocycles. The van der Waals surface area contributed by atoms with E-state index in [2.05, 4.69) is 27.1 Å². The van der Waals surface area contributed by atoms with Crippen molar-refractivity contribution in [2.24, 2.45) is 5.73 Å². The molecule has 29 heavy (non-hydrogen) atoms. The molecule has 2 aromatic rings. The molecule has 156 valence electrons. The predicted octanol–water partition coefficient (Wildman–Crippen LogP) is 2.82. The minimum Gasteiger partial charge on any atom is -0.383 e. The molecule has 0 radical (unpaired) electrons. The fraction of sp³-hybridized carbons (Fsp3) is 0.500. The number of hydrogen-bond donors (Lipinski definition) is 2. The number of nitrogens with one attached hydrogen (secondary N) is 1. The van der Waals surface area contributed by atoms with E-state index < -0.39 is 5.91 Å². The number of rotatable bonds is 9. The summed E-state index contributed by atoms with van der Waals surface area (Å²) in [7, 11) is 1.76. The van der Waals surface area contributed by atoms with Crippen molar-refractivity contribution in [3.05, 3.63) is 36.2 Å². The van der Waals surface area contributed by atoms with Crippen LogP contribution in [0.5, 0.6) is 0 Å². The fourth-order valence-electron chi connectivity index (χ4n) is 4.06. The molecule has 1 aliphatic rings. The summed E-state index contributed by atoms with van der Waals surface area (Å²) in [6, 6.07) is 6.88. The average molecular weight is 398 g/mol. The van der Waals surface area contributed by atoms with Gasteiger partial charge in [-0.2, -0.15) is 0 Å². The maximum atomic E-state index is 11.0. The van der Waals surface area contributed by atoms with Gasteiger partial charge in [-0.1, -0.05) is 13.0 Å². The van der Waals surface area contributed by atoms with Gasteiger partial charge in [0.1, 0.15) is 12.1 Å². The standard InChI is InChI=1S/C22H31N5O2/c1-3-27(12-13-29-2)18-8-6-17(7-9-18)26-22-19-14-16(5-11-21(23)28)4-10-20(19)24-15-25-22/h4-5,10-11,14-15,17-18H,3,6-9,12-13H2,1-2H3,(H2,23,28)(H,24,25,26). The topological polar surface area (TPSA) is 93.4 Å². The summed E-state index contributed by atoms with van der Waals surface area (Å²) in [6.07, 6.45) is 9.24. The first-order valence-corrected chi connectivity index (χ1v) is 10.3. The smallest absolute Gasteiger partial charge is 0.241 e. The second kappa shape index (κ2) is 10.3. The number of fused-ring (bicyclic) bond motifs is 1. The van der Waals surface area contributed by atoms with Crippen molar-refractivity contribution >= 4 is 28.7 Å². The van der Waals surface area contributed by atoms with E-state index >= 15 is 0 Å². The Morgan fingerprint density at radius 1 is 1.31 bits per heavy atom. The maximum absolute atomic E-state index is 11.0. The number of amides is 1. The van der Waals surface area contributed by atoms with E-state index in [-0.39, 0.29) is 0 Å². The number of carbonyl (C=O) groups is 1. The molecule has 3 rings (SSSR count). The van der Waals surface area contributed by atoms with Crippen LogP contribution < -0.4 is 11.1 Å². The Labute approximate surface area is 172 Å². The third-order valence-electron chi connectivity index (χ3n) is 5.64. The van der Waals surface area contributed by atoms with E-state index in [0.29, 0.717) is 12.1 Å². The maximum Gasteiger partial charge on any atom is 0.241 e. The summed E-state index contributed by atoms with van der Waals surface area (Å²) in [4.78, 5) is 22.4. The summed E-state index contributed by atoms with van der Waals surface area (Å²) in [5, 5.41) is 4.58. The van der Waals surface area contributed by atoms with E-state index in [1.165, 1.54) is 18.9 Å². The van der Waals surface area contributed by atoms with Crippen LogP contribution in [0.4, 0.5) is 5.82 Å². The van der Waals surface area contributed by atoms with E-state index in [0.717, 1.165) is 54.8 Å². The van der Waals surface area contributed by atoms with Crippen LogP contribution in [0.1, 0.15) is 38.2 Å². The van der Waals surface area contributed by atoms with Gasteiger partial charge in [-0.15, -0.1) is 0 Å². The van der Waals surface area contributed by atoms with Crippen molar-refractivity contribution in [3.8, 4) is 0 Å². The lowest BCUT2D eigenvalue weighted by molar-refractivity contribution is -0.113. The van der Waals surface area contributed by atoms with Gasteiger partial charge < -0.3 is 15.8 Å². The Morgan fingerprint density at radius 3 is 2.79 bits per heavy atom. The average Bonchev–Trinajstić information content (AvgIpc) is 2.74. The van der Waals surface area contributed by atoms with Gasteiger partial charge in [0.25, 0.3) is 0 Å². The first kappa shape index (κ1) is 21.2. The summed E-state index contributed by atoms with van der Waals surface area (Å²) in [6.45, 7) is 5.06. The van der Waals surface area contributed by atoms with Crippen LogP contribution in [0.25, 0.3) is 17.0 Å². The third kappa shape index (κ3) is 5.74. The normalized spacial score (nSPS) is 19.8. The van der Waals surface area contributed by atoms with Gasteiger partial charge in [0, 0.05) is 37.2 Å². The zero-order chi connectivity index (χ0) is 20.6. The lowest BCUT2D eigenvalue weighted by Crippen LogP contribution is -2.42. The molecular formula is C22H31N5O2. The van der Waals surface area contributed by atoms with E-state index in [1.54, 1.807) is 19.5 Å². The predicted molar refractivity (Wildman–Crippen MR) is 117 cm³/mol. The number of aromatic nitrogens is 2. The fourth-order valence-corrected chi connectivity index (χ4v) is 4.06. The highest BCUT2D eigenvalue weighted by Crippen LogP contribution is 2.28. The molecule has 1 heterocycles. The summed E-state index contributed by atoms with van der Waals surface area (Å²) in [5.41, 5.74) is 6.98. The van der Waals surface area contributed by atoms with Gasteiger partial charge in [0.2, 0.25) is 5.91 Å². The van der Waals surface area contributed by atoms with Crippen LogP contribution in [-0.2, 0) is 9.53 Å². The molecule has 3 N–H and O–H groups in total. The first-order chi connectivity index (χ1) is 14.1. The van der Waals surface area contributed by atoms with Crippen LogP contribution >= 0.6 is 0 Å². The number of hydrogen-bond acceptors (Lipinski definition) is 6. The van der Waals surface area contributed by atoms with Gasteiger partial charge in [-0.05, 0) is 56.0 Å². The van der Waals surface area contributed by atoms with Crippen LogP contribution in [0.2, 0.25) is 0 Å². The SMILES string of the molecule is CCN(CCOC)C1CCC(Nc2ncnc3ccc(C=CC(N)=O)cc23)CC1. The lowest BCUT2D eigenvalue weighted by Gasteiger charge is -2.36. The van der Waals surface area contributed by atoms with Crippen molar-refractivity contribution in [1.82, 2.24) is 14.9 Å².